The third-order valence-corrected chi connectivity index (χ3v) is 3.41. The van der Waals surface area contributed by atoms with Gasteiger partial charge >= 0.3 is 0 Å². The molecule has 2 fully saturated rings. The van der Waals surface area contributed by atoms with E-state index < -0.39 is 5.60 Å². The molecule has 1 unspecified atom stereocenters. The predicted molar refractivity (Wildman–Crippen MR) is 59.0 cm³/mol. The summed E-state index contributed by atoms with van der Waals surface area (Å²) in [4.78, 5) is 14.2. The van der Waals surface area contributed by atoms with Crippen LogP contribution in [0.4, 0.5) is 0 Å². The third-order valence-electron chi connectivity index (χ3n) is 3.25. The second kappa shape index (κ2) is 4.30. The molecule has 0 aromatic heterocycles. The van der Waals surface area contributed by atoms with Gasteiger partial charge in [-0.05, 0) is 32.6 Å². The molecule has 1 saturated carbocycles. The quantitative estimate of drug-likeness (QED) is 0.691. The number of nitrogens with zero attached hydrogens (tertiary/aromatic N) is 1. The van der Waals surface area contributed by atoms with Crippen LogP contribution in [0.3, 0.4) is 0 Å². The van der Waals surface area contributed by atoms with Crippen LogP contribution in [0.2, 0.25) is 0 Å². The standard InChI is InChI=1S/C11H18ClNO2/c1-11(5-2-8-15-11)10(14)13(7-6-12)9-3-4-9/h9H,2-8H2,1H3. The minimum Gasteiger partial charge on any atom is -0.365 e. The maximum atomic E-state index is 12.3. The summed E-state index contributed by atoms with van der Waals surface area (Å²) in [6.45, 7) is 3.28. The van der Waals surface area contributed by atoms with E-state index in [1.165, 1.54) is 0 Å². The number of carbonyl (C=O) groups excluding carboxylic acids is 1. The van der Waals surface area contributed by atoms with Crippen molar-refractivity contribution in [1.82, 2.24) is 4.90 Å². The van der Waals surface area contributed by atoms with Crippen LogP contribution >= 0.6 is 11.6 Å². The van der Waals surface area contributed by atoms with Gasteiger partial charge in [-0.1, -0.05) is 0 Å². The molecule has 1 heterocycles. The van der Waals surface area contributed by atoms with Crippen LogP contribution < -0.4 is 0 Å². The van der Waals surface area contributed by atoms with Crippen LogP contribution in [-0.4, -0.2) is 41.5 Å². The number of halogens is 1. The van der Waals surface area contributed by atoms with Crippen LogP contribution in [0.15, 0.2) is 0 Å². The van der Waals surface area contributed by atoms with Gasteiger partial charge in [0.05, 0.1) is 0 Å². The maximum Gasteiger partial charge on any atom is 0.254 e. The smallest absolute Gasteiger partial charge is 0.254 e. The molecule has 0 aromatic rings. The molecular weight excluding hydrogens is 214 g/mol. The van der Waals surface area contributed by atoms with Gasteiger partial charge in [0.25, 0.3) is 5.91 Å². The van der Waals surface area contributed by atoms with Crippen molar-refractivity contribution >= 4 is 17.5 Å². The summed E-state index contributed by atoms with van der Waals surface area (Å²) in [5.74, 6) is 0.654. The van der Waals surface area contributed by atoms with Gasteiger partial charge in [0.2, 0.25) is 0 Å². The number of amides is 1. The Hall–Kier alpha value is -0.280. The van der Waals surface area contributed by atoms with E-state index in [4.69, 9.17) is 16.3 Å². The molecule has 1 atom stereocenters. The first kappa shape index (κ1) is 11.2. The highest BCUT2D eigenvalue weighted by atomic mass is 35.5. The van der Waals surface area contributed by atoms with E-state index in [0.717, 1.165) is 25.7 Å². The molecule has 0 spiro atoms. The highest BCUT2D eigenvalue weighted by Crippen LogP contribution is 2.33. The summed E-state index contributed by atoms with van der Waals surface area (Å²) in [5.41, 5.74) is -0.575. The lowest BCUT2D eigenvalue weighted by Gasteiger charge is -2.30. The number of alkyl halides is 1. The number of hydrogen-bond donors (Lipinski definition) is 0. The molecule has 1 aliphatic heterocycles. The summed E-state index contributed by atoms with van der Waals surface area (Å²) >= 11 is 5.73. The fourth-order valence-electron chi connectivity index (χ4n) is 2.18. The number of ether oxygens (including phenoxy) is 1. The average molecular weight is 232 g/mol. The van der Waals surface area contributed by atoms with Gasteiger partial charge < -0.3 is 9.64 Å². The fraction of sp³-hybridized carbons (Fsp3) is 0.909. The lowest BCUT2D eigenvalue weighted by molar-refractivity contribution is -0.151. The van der Waals surface area contributed by atoms with Crippen LogP contribution in [0.5, 0.6) is 0 Å². The predicted octanol–water partition coefficient (Wildman–Crippen LogP) is 1.79. The Bertz CT molecular complexity index is 247. The van der Waals surface area contributed by atoms with E-state index in [-0.39, 0.29) is 5.91 Å². The Kier molecular flexibility index (Phi) is 3.21. The molecule has 0 bridgehead atoms. The summed E-state index contributed by atoms with van der Waals surface area (Å²) in [5, 5.41) is 0. The second-order valence-electron chi connectivity index (χ2n) is 4.60. The van der Waals surface area contributed by atoms with Gasteiger partial charge in [0, 0.05) is 25.1 Å². The molecule has 0 aromatic carbocycles. The Morgan fingerprint density at radius 1 is 1.60 bits per heavy atom. The van der Waals surface area contributed by atoms with Crippen molar-refractivity contribution in [3.63, 3.8) is 0 Å². The molecule has 2 aliphatic rings. The van der Waals surface area contributed by atoms with E-state index in [1.807, 2.05) is 11.8 Å². The first-order chi connectivity index (χ1) is 7.17. The van der Waals surface area contributed by atoms with E-state index in [2.05, 4.69) is 0 Å². The lowest BCUT2D eigenvalue weighted by atomic mass is 10.0. The topological polar surface area (TPSA) is 29.5 Å². The minimum atomic E-state index is -0.575. The van der Waals surface area contributed by atoms with Crippen molar-refractivity contribution in [2.45, 2.75) is 44.2 Å². The molecule has 3 nitrogen and oxygen atoms in total. The second-order valence-corrected chi connectivity index (χ2v) is 4.98. The molecule has 0 N–H and O–H groups in total. The van der Waals surface area contributed by atoms with Crippen molar-refractivity contribution in [3.8, 4) is 0 Å². The zero-order valence-corrected chi connectivity index (χ0v) is 9.92. The highest BCUT2D eigenvalue weighted by molar-refractivity contribution is 6.18. The lowest BCUT2D eigenvalue weighted by Crippen LogP contribution is -2.48. The van der Waals surface area contributed by atoms with Crippen molar-refractivity contribution in [1.29, 1.82) is 0 Å². The summed E-state index contributed by atoms with van der Waals surface area (Å²) in [6, 6.07) is 0.428. The van der Waals surface area contributed by atoms with Gasteiger partial charge in [-0.3, -0.25) is 4.79 Å². The zero-order chi connectivity index (χ0) is 10.9. The highest BCUT2D eigenvalue weighted by Gasteiger charge is 2.44. The molecule has 15 heavy (non-hydrogen) atoms. The largest absolute Gasteiger partial charge is 0.365 e. The normalized spacial score (nSPS) is 30.5. The average Bonchev–Trinajstić information content (AvgIpc) is 2.97. The number of carbonyl (C=O) groups is 1. The monoisotopic (exact) mass is 231 g/mol. The molecule has 1 saturated heterocycles. The number of rotatable bonds is 4. The molecule has 1 amide bonds. The van der Waals surface area contributed by atoms with E-state index in [1.54, 1.807) is 0 Å². The zero-order valence-electron chi connectivity index (χ0n) is 9.17. The molecular formula is C11H18ClNO2. The van der Waals surface area contributed by atoms with Crippen molar-refractivity contribution in [3.05, 3.63) is 0 Å². The van der Waals surface area contributed by atoms with Gasteiger partial charge in [-0.15, -0.1) is 11.6 Å². The molecule has 86 valence electrons. The molecule has 0 radical (unpaired) electrons. The van der Waals surface area contributed by atoms with Gasteiger partial charge in [0.15, 0.2) is 0 Å². The van der Waals surface area contributed by atoms with E-state index in [9.17, 15) is 4.79 Å². The summed E-state index contributed by atoms with van der Waals surface area (Å²) in [6.07, 6.45) is 4.08. The van der Waals surface area contributed by atoms with Crippen LogP contribution in [0.1, 0.15) is 32.6 Å². The van der Waals surface area contributed by atoms with Crippen molar-refractivity contribution < 1.29 is 9.53 Å². The Morgan fingerprint density at radius 2 is 2.33 bits per heavy atom. The Balaban J connectivity index is 2.02. The van der Waals surface area contributed by atoms with Crippen LogP contribution in [0, 0.1) is 0 Å². The van der Waals surface area contributed by atoms with Crippen LogP contribution in [0.25, 0.3) is 0 Å². The Morgan fingerprint density at radius 3 is 2.80 bits per heavy atom. The van der Waals surface area contributed by atoms with Gasteiger partial charge in [-0.25, -0.2) is 0 Å². The summed E-state index contributed by atoms with van der Waals surface area (Å²) in [7, 11) is 0. The van der Waals surface area contributed by atoms with Gasteiger partial charge in [0.1, 0.15) is 5.60 Å². The first-order valence-corrected chi connectivity index (χ1v) is 6.22. The van der Waals surface area contributed by atoms with Crippen molar-refractivity contribution in [2.75, 3.05) is 19.0 Å². The van der Waals surface area contributed by atoms with Crippen LogP contribution in [-0.2, 0) is 9.53 Å². The fourth-order valence-corrected chi connectivity index (χ4v) is 2.36. The first-order valence-electron chi connectivity index (χ1n) is 5.68. The maximum absolute atomic E-state index is 12.3. The van der Waals surface area contributed by atoms with Crippen molar-refractivity contribution in [2.24, 2.45) is 0 Å². The van der Waals surface area contributed by atoms with E-state index >= 15 is 0 Å². The molecule has 1 aliphatic carbocycles. The third kappa shape index (κ3) is 2.28. The SMILES string of the molecule is CC1(C(=O)N(CCCl)C2CC2)CCCO1. The number of hydrogen-bond acceptors (Lipinski definition) is 2. The Labute approximate surface area is 95.7 Å². The van der Waals surface area contributed by atoms with E-state index in [0.29, 0.717) is 25.1 Å². The summed E-state index contributed by atoms with van der Waals surface area (Å²) < 4.78 is 5.57. The van der Waals surface area contributed by atoms with Gasteiger partial charge in [-0.2, -0.15) is 0 Å². The minimum absolute atomic E-state index is 0.142. The molecule has 2 rings (SSSR count). The molecule has 4 heteroatoms.